The molecule has 3 N–H and O–H groups in total. The Hall–Kier alpha value is -0.850. The number of rotatable bonds is 8. The molecule has 0 amide bonds. The maximum Gasteiger partial charge on any atom is 0.242 e. The summed E-state index contributed by atoms with van der Waals surface area (Å²) >= 11 is 0. The molecule has 1 unspecified atom stereocenters. The van der Waals surface area contributed by atoms with Crippen molar-refractivity contribution >= 4 is 10.0 Å². The van der Waals surface area contributed by atoms with Crippen molar-refractivity contribution in [2.24, 2.45) is 5.92 Å². The molecule has 20 heavy (non-hydrogen) atoms. The third-order valence-electron chi connectivity index (χ3n) is 3.47. The summed E-state index contributed by atoms with van der Waals surface area (Å²) in [6, 6.07) is 2.07. The number of hydrogen-bond acceptors (Lipinski definition) is 3. The third-order valence-corrected chi connectivity index (χ3v) is 5.04. The number of aromatic nitrogens is 1. The maximum atomic E-state index is 12.2. The number of aromatic amines is 1. The first kappa shape index (κ1) is 15.5. The fourth-order valence-electron chi connectivity index (χ4n) is 2.22. The summed E-state index contributed by atoms with van der Waals surface area (Å²) < 4.78 is 27.2. The highest BCUT2D eigenvalue weighted by atomic mass is 32.2. The van der Waals surface area contributed by atoms with Crippen LogP contribution in [0.3, 0.4) is 0 Å². The Bertz CT molecular complexity index is 532. The van der Waals surface area contributed by atoms with Gasteiger partial charge in [0, 0.05) is 30.5 Å². The molecular weight excluding hydrogens is 274 g/mol. The van der Waals surface area contributed by atoms with Crippen molar-refractivity contribution in [1.82, 2.24) is 15.0 Å². The van der Waals surface area contributed by atoms with Crippen LogP contribution in [0.15, 0.2) is 17.2 Å². The van der Waals surface area contributed by atoms with Crippen LogP contribution in [0.2, 0.25) is 0 Å². The van der Waals surface area contributed by atoms with Crippen molar-refractivity contribution in [2.45, 2.75) is 63.6 Å². The minimum Gasteiger partial charge on any atom is -0.363 e. The fraction of sp³-hybridized carbons (Fsp3) is 0.714. The third kappa shape index (κ3) is 4.61. The Morgan fingerprint density at radius 1 is 1.35 bits per heavy atom. The number of H-pyrrole nitrogens is 1. The molecule has 1 aromatic rings. The molecule has 114 valence electrons. The molecule has 1 heterocycles. The fourth-order valence-corrected chi connectivity index (χ4v) is 3.50. The highest BCUT2D eigenvalue weighted by molar-refractivity contribution is 7.89. The zero-order chi connectivity index (χ0) is 14.8. The highest BCUT2D eigenvalue weighted by Crippen LogP contribution is 2.33. The molecular formula is C14H25N3O2S. The normalized spacial score (nSPS) is 17.6. The molecule has 1 aliphatic carbocycles. The van der Waals surface area contributed by atoms with Gasteiger partial charge in [-0.3, -0.25) is 0 Å². The summed E-state index contributed by atoms with van der Waals surface area (Å²) in [5.41, 5.74) is 0.883. The lowest BCUT2D eigenvalue weighted by atomic mass is 10.2. The van der Waals surface area contributed by atoms with Gasteiger partial charge in [-0.25, -0.2) is 13.1 Å². The lowest BCUT2D eigenvalue weighted by Crippen LogP contribution is -2.32. The Balaban J connectivity index is 1.94. The first-order valence-electron chi connectivity index (χ1n) is 7.30. The van der Waals surface area contributed by atoms with Crippen LogP contribution in [-0.4, -0.2) is 25.5 Å². The van der Waals surface area contributed by atoms with Gasteiger partial charge in [0.1, 0.15) is 0 Å². The van der Waals surface area contributed by atoms with Crippen LogP contribution in [0.1, 0.15) is 45.7 Å². The van der Waals surface area contributed by atoms with Crippen molar-refractivity contribution in [1.29, 1.82) is 0 Å². The Morgan fingerprint density at radius 3 is 2.65 bits per heavy atom. The van der Waals surface area contributed by atoms with Crippen LogP contribution in [0.25, 0.3) is 0 Å². The Morgan fingerprint density at radius 2 is 2.05 bits per heavy atom. The molecule has 0 aliphatic heterocycles. The van der Waals surface area contributed by atoms with Gasteiger partial charge in [0.15, 0.2) is 0 Å². The Kier molecular flexibility index (Phi) is 4.88. The van der Waals surface area contributed by atoms with Gasteiger partial charge in [-0.05, 0) is 25.3 Å². The van der Waals surface area contributed by atoms with Gasteiger partial charge in [0.25, 0.3) is 0 Å². The van der Waals surface area contributed by atoms with Gasteiger partial charge in [0.2, 0.25) is 10.0 Å². The van der Waals surface area contributed by atoms with E-state index in [4.69, 9.17) is 0 Å². The first-order chi connectivity index (χ1) is 9.37. The number of sulfonamides is 1. The molecule has 0 bridgehead atoms. The smallest absolute Gasteiger partial charge is 0.242 e. The van der Waals surface area contributed by atoms with Crippen molar-refractivity contribution in [2.75, 3.05) is 0 Å². The summed E-state index contributed by atoms with van der Waals surface area (Å²) in [4.78, 5) is 3.33. The number of hydrogen-bond donors (Lipinski definition) is 3. The molecule has 2 rings (SSSR count). The van der Waals surface area contributed by atoms with Crippen LogP contribution in [0.4, 0.5) is 0 Å². The summed E-state index contributed by atoms with van der Waals surface area (Å²) in [7, 11) is -3.40. The zero-order valence-electron chi connectivity index (χ0n) is 12.4. The van der Waals surface area contributed by atoms with E-state index < -0.39 is 10.0 Å². The summed E-state index contributed by atoms with van der Waals surface area (Å²) in [5.74, 6) is 0.713. The van der Waals surface area contributed by atoms with Gasteiger partial charge < -0.3 is 10.3 Å². The van der Waals surface area contributed by atoms with E-state index in [0.29, 0.717) is 23.4 Å². The van der Waals surface area contributed by atoms with Crippen molar-refractivity contribution in [3.63, 3.8) is 0 Å². The van der Waals surface area contributed by atoms with Crippen LogP contribution >= 0.6 is 0 Å². The van der Waals surface area contributed by atoms with Crippen molar-refractivity contribution < 1.29 is 8.42 Å². The van der Waals surface area contributed by atoms with E-state index in [9.17, 15) is 8.42 Å². The lowest BCUT2D eigenvalue weighted by Gasteiger charge is -2.12. The average molecular weight is 299 g/mol. The van der Waals surface area contributed by atoms with Gasteiger partial charge >= 0.3 is 0 Å². The van der Waals surface area contributed by atoms with Crippen molar-refractivity contribution in [3.05, 3.63) is 18.0 Å². The minimum atomic E-state index is -3.40. The molecule has 1 aliphatic rings. The van der Waals surface area contributed by atoms with E-state index in [1.807, 2.05) is 6.92 Å². The molecule has 1 saturated carbocycles. The van der Waals surface area contributed by atoms with E-state index in [-0.39, 0.29) is 6.04 Å². The summed E-state index contributed by atoms with van der Waals surface area (Å²) in [6.45, 7) is 6.69. The largest absolute Gasteiger partial charge is 0.363 e. The van der Waals surface area contributed by atoms with E-state index >= 15 is 0 Å². The second-order valence-corrected chi connectivity index (χ2v) is 7.81. The zero-order valence-corrected chi connectivity index (χ0v) is 13.3. The molecule has 0 saturated heterocycles. The quantitative estimate of drug-likeness (QED) is 0.687. The molecule has 6 heteroatoms. The van der Waals surface area contributed by atoms with E-state index in [2.05, 4.69) is 28.9 Å². The maximum absolute atomic E-state index is 12.2. The second-order valence-electron chi connectivity index (χ2n) is 6.10. The van der Waals surface area contributed by atoms with E-state index in [1.165, 1.54) is 12.8 Å². The van der Waals surface area contributed by atoms with Crippen LogP contribution < -0.4 is 10.0 Å². The van der Waals surface area contributed by atoms with Gasteiger partial charge in [-0.1, -0.05) is 26.7 Å². The molecule has 1 aromatic heterocycles. The first-order valence-corrected chi connectivity index (χ1v) is 8.78. The topological polar surface area (TPSA) is 74.0 Å². The van der Waals surface area contributed by atoms with Crippen LogP contribution in [-0.2, 0) is 16.6 Å². The number of nitrogens with one attached hydrogen (secondary N) is 3. The average Bonchev–Trinajstić information content (AvgIpc) is 3.00. The molecule has 5 nitrogen and oxygen atoms in total. The highest BCUT2D eigenvalue weighted by Gasteiger charge is 2.26. The van der Waals surface area contributed by atoms with Crippen molar-refractivity contribution in [3.8, 4) is 0 Å². The van der Waals surface area contributed by atoms with E-state index in [0.717, 1.165) is 12.1 Å². The molecule has 0 aromatic carbocycles. The molecule has 0 radical (unpaired) electrons. The standard InChI is InChI=1S/C14H25N3O2S/c1-10(2)15-8-13-7-14(9-16-13)20(18,19)17-11(3)6-12-4-5-12/h7,9-12,15-17H,4-6,8H2,1-3H3. The van der Waals surface area contributed by atoms with Gasteiger partial charge in [-0.2, -0.15) is 0 Å². The molecule has 1 fully saturated rings. The minimum absolute atomic E-state index is 0.000334. The van der Waals surface area contributed by atoms with Gasteiger partial charge in [0.05, 0.1) is 4.90 Å². The SMILES string of the molecule is CC(C)NCc1cc(S(=O)(=O)NC(C)CC2CC2)c[nH]1. The predicted octanol–water partition coefficient (Wildman–Crippen LogP) is 1.98. The Labute approximate surface area is 121 Å². The molecule has 1 atom stereocenters. The monoisotopic (exact) mass is 299 g/mol. The summed E-state index contributed by atoms with van der Waals surface area (Å²) in [5, 5.41) is 3.26. The lowest BCUT2D eigenvalue weighted by molar-refractivity contribution is 0.530. The van der Waals surface area contributed by atoms with E-state index in [1.54, 1.807) is 12.3 Å². The van der Waals surface area contributed by atoms with Crippen LogP contribution in [0, 0.1) is 5.92 Å². The molecule has 0 spiro atoms. The van der Waals surface area contributed by atoms with Crippen LogP contribution in [0.5, 0.6) is 0 Å². The summed E-state index contributed by atoms with van der Waals surface area (Å²) in [6.07, 6.45) is 4.97. The predicted molar refractivity (Wildman–Crippen MR) is 79.9 cm³/mol. The second kappa shape index (κ2) is 6.28. The van der Waals surface area contributed by atoms with Gasteiger partial charge in [-0.15, -0.1) is 0 Å².